The Morgan fingerprint density at radius 1 is 0.889 bits per heavy atom. The quantitative estimate of drug-likeness (QED) is 0.256. The number of carbonyl (C=O) groups is 4. The van der Waals surface area contributed by atoms with E-state index in [1.54, 1.807) is 48.5 Å². The minimum absolute atomic E-state index is 0.0858. The highest BCUT2D eigenvalue weighted by atomic mass is 16.5. The van der Waals surface area contributed by atoms with Crippen molar-refractivity contribution in [2.45, 2.75) is 50.6 Å². The van der Waals surface area contributed by atoms with Crippen LogP contribution in [0.4, 0.5) is 0 Å². The van der Waals surface area contributed by atoms with Crippen molar-refractivity contribution in [1.82, 2.24) is 21.3 Å². The third-order valence-corrected chi connectivity index (χ3v) is 7.21. The fourth-order valence-electron chi connectivity index (χ4n) is 4.82. The first-order chi connectivity index (χ1) is 21.9. The van der Waals surface area contributed by atoms with Crippen LogP contribution < -0.4 is 30.7 Å². The predicted molar refractivity (Wildman–Crippen MR) is 168 cm³/mol. The van der Waals surface area contributed by atoms with Crippen molar-refractivity contribution in [1.29, 1.82) is 0 Å². The van der Waals surface area contributed by atoms with Gasteiger partial charge in [-0.3, -0.25) is 19.2 Å². The van der Waals surface area contributed by atoms with Crippen molar-refractivity contribution in [2.75, 3.05) is 26.3 Å². The minimum Gasteiger partial charge on any atom is -0.508 e. The molecule has 4 rings (SSSR count). The molecule has 0 aliphatic carbocycles. The molecule has 45 heavy (non-hydrogen) atoms. The summed E-state index contributed by atoms with van der Waals surface area (Å²) in [5.41, 5.74) is 0.974. The van der Waals surface area contributed by atoms with Gasteiger partial charge in [-0.05, 0) is 54.8 Å². The van der Waals surface area contributed by atoms with E-state index in [9.17, 15) is 24.3 Å². The van der Waals surface area contributed by atoms with Crippen LogP contribution in [0, 0.1) is 0 Å². The number of phenolic OH excluding ortho intramolecular Hbond substituents is 1. The second-order valence-corrected chi connectivity index (χ2v) is 10.7. The number of rotatable bonds is 7. The number of carbonyl (C=O) groups excluding carboxylic acids is 4. The Bertz CT molecular complexity index is 1420. The molecule has 1 heterocycles. The Balaban J connectivity index is 1.51. The molecular formula is C34H40N4O7. The van der Waals surface area contributed by atoms with E-state index in [2.05, 4.69) is 21.3 Å². The van der Waals surface area contributed by atoms with Gasteiger partial charge in [-0.25, -0.2) is 0 Å². The topological polar surface area (TPSA) is 155 Å². The van der Waals surface area contributed by atoms with Crippen LogP contribution in [0.3, 0.4) is 0 Å². The van der Waals surface area contributed by atoms with Crippen molar-refractivity contribution >= 4 is 23.6 Å². The van der Waals surface area contributed by atoms with E-state index in [1.165, 1.54) is 12.1 Å². The first-order valence-electron chi connectivity index (χ1n) is 15.2. The molecule has 0 unspecified atom stereocenters. The zero-order valence-corrected chi connectivity index (χ0v) is 25.1. The van der Waals surface area contributed by atoms with Gasteiger partial charge in [0.25, 0.3) is 5.91 Å². The third-order valence-electron chi connectivity index (χ3n) is 7.21. The molecule has 0 aromatic heterocycles. The van der Waals surface area contributed by atoms with Gasteiger partial charge < -0.3 is 35.8 Å². The van der Waals surface area contributed by atoms with Crippen LogP contribution >= 0.6 is 0 Å². The third kappa shape index (κ3) is 10.9. The highest BCUT2D eigenvalue weighted by molar-refractivity contribution is 6.01. The summed E-state index contributed by atoms with van der Waals surface area (Å²) < 4.78 is 11.5. The van der Waals surface area contributed by atoms with E-state index < -0.39 is 36.2 Å². The van der Waals surface area contributed by atoms with Crippen molar-refractivity contribution in [3.8, 4) is 17.2 Å². The van der Waals surface area contributed by atoms with Gasteiger partial charge in [0.2, 0.25) is 17.7 Å². The van der Waals surface area contributed by atoms with E-state index in [4.69, 9.17) is 9.47 Å². The summed E-state index contributed by atoms with van der Waals surface area (Å²) in [7, 11) is 0. The fraction of sp³-hybridized carbons (Fsp3) is 0.353. The van der Waals surface area contributed by atoms with Crippen LogP contribution in [0.25, 0.3) is 0 Å². The number of aromatic hydroxyl groups is 1. The number of phenols is 1. The normalized spacial score (nSPS) is 18.4. The molecule has 4 amide bonds. The Kier molecular flexibility index (Phi) is 12.6. The van der Waals surface area contributed by atoms with Gasteiger partial charge in [-0.2, -0.15) is 0 Å². The lowest BCUT2D eigenvalue weighted by Crippen LogP contribution is -2.53. The Labute approximate surface area is 262 Å². The highest BCUT2D eigenvalue weighted by Gasteiger charge is 2.28. The standard InChI is InChI=1S/C34H40N4O7/c39-25-16-14-24(15-17-25)22-28-33(42)35-18-8-1-2-9-20-45-30-13-7-6-12-27(30)32(41)38-29(23-31(40)37-28)34(43)36-19-21-44-26-10-4-3-5-11-26/h3-7,10-17,28-29,39H,1-2,8-9,18-23H2,(H,35,42)(H,36,43)(H,37,40)(H,38,41)/t28-,29-/m0/s1. The Morgan fingerprint density at radius 2 is 1.62 bits per heavy atom. The SMILES string of the molecule is O=C1C[C@@H](C(=O)NCCOc2ccccc2)NC(=O)c2ccccc2OCCCCCCNC(=O)[C@H](Cc2ccc(O)cc2)N1. The molecule has 0 fully saturated rings. The summed E-state index contributed by atoms with van der Waals surface area (Å²) in [6, 6.07) is 20.1. The van der Waals surface area contributed by atoms with Gasteiger partial charge in [0, 0.05) is 13.0 Å². The summed E-state index contributed by atoms with van der Waals surface area (Å²) in [5, 5.41) is 20.7. The lowest BCUT2D eigenvalue weighted by atomic mass is 10.0. The highest BCUT2D eigenvalue weighted by Crippen LogP contribution is 2.19. The monoisotopic (exact) mass is 616 g/mol. The fourth-order valence-corrected chi connectivity index (χ4v) is 4.82. The lowest BCUT2D eigenvalue weighted by Gasteiger charge is -2.22. The van der Waals surface area contributed by atoms with Gasteiger partial charge in [0.05, 0.1) is 25.1 Å². The maximum absolute atomic E-state index is 13.4. The van der Waals surface area contributed by atoms with Crippen LogP contribution in [0.2, 0.25) is 0 Å². The van der Waals surface area contributed by atoms with E-state index in [0.717, 1.165) is 31.2 Å². The van der Waals surface area contributed by atoms with Gasteiger partial charge in [-0.1, -0.05) is 55.3 Å². The number of fused-ring (bicyclic) bond motifs is 1. The largest absolute Gasteiger partial charge is 0.508 e. The molecule has 0 saturated heterocycles. The molecule has 0 spiro atoms. The molecule has 2 atom stereocenters. The molecule has 0 radical (unpaired) electrons. The minimum atomic E-state index is -1.25. The second kappa shape index (κ2) is 17.3. The number of para-hydroxylation sites is 2. The molecule has 11 nitrogen and oxygen atoms in total. The van der Waals surface area contributed by atoms with Gasteiger partial charge >= 0.3 is 0 Å². The van der Waals surface area contributed by atoms with Crippen molar-refractivity contribution < 1.29 is 33.8 Å². The molecule has 0 saturated carbocycles. The lowest BCUT2D eigenvalue weighted by molar-refractivity contribution is -0.131. The number of ether oxygens (including phenoxy) is 2. The molecule has 5 N–H and O–H groups in total. The zero-order valence-electron chi connectivity index (χ0n) is 25.1. The molecule has 0 bridgehead atoms. The van der Waals surface area contributed by atoms with Gasteiger partial charge in [0.15, 0.2) is 0 Å². The number of hydrogen-bond acceptors (Lipinski definition) is 7. The van der Waals surface area contributed by atoms with E-state index in [-0.39, 0.29) is 36.8 Å². The van der Waals surface area contributed by atoms with Crippen LogP contribution in [0.5, 0.6) is 17.2 Å². The number of amides is 4. The first kappa shape index (κ1) is 32.8. The molecule has 3 aromatic carbocycles. The number of benzene rings is 3. The summed E-state index contributed by atoms with van der Waals surface area (Å²) in [5.74, 6) is -0.996. The van der Waals surface area contributed by atoms with Crippen molar-refractivity contribution in [2.24, 2.45) is 0 Å². The predicted octanol–water partition coefficient (Wildman–Crippen LogP) is 2.87. The van der Waals surface area contributed by atoms with Crippen molar-refractivity contribution in [3.63, 3.8) is 0 Å². The second-order valence-electron chi connectivity index (χ2n) is 10.7. The van der Waals surface area contributed by atoms with E-state index >= 15 is 0 Å². The van der Waals surface area contributed by atoms with Crippen LogP contribution in [0.15, 0.2) is 78.9 Å². The van der Waals surface area contributed by atoms with Crippen molar-refractivity contribution in [3.05, 3.63) is 90.0 Å². The van der Waals surface area contributed by atoms with Gasteiger partial charge in [-0.15, -0.1) is 0 Å². The average molecular weight is 617 g/mol. The number of hydrogen-bond donors (Lipinski definition) is 5. The van der Waals surface area contributed by atoms with Crippen LogP contribution in [-0.2, 0) is 20.8 Å². The van der Waals surface area contributed by atoms with E-state index in [0.29, 0.717) is 24.7 Å². The summed E-state index contributed by atoms with van der Waals surface area (Å²) in [4.78, 5) is 53.2. The maximum Gasteiger partial charge on any atom is 0.255 e. The Morgan fingerprint density at radius 3 is 2.42 bits per heavy atom. The molecule has 1 aliphatic rings. The van der Waals surface area contributed by atoms with Crippen LogP contribution in [-0.4, -0.2) is 67.1 Å². The molecule has 238 valence electrons. The summed E-state index contributed by atoms with van der Waals surface area (Å²) in [6.45, 7) is 1.15. The Hall–Kier alpha value is -5.06. The average Bonchev–Trinajstić information content (AvgIpc) is 3.04. The first-order valence-corrected chi connectivity index (χ1v) is 15.2. The smallest absolute Gasteiger partial charge is 0.255 e. The number of nitrogens with one attached hydrogen (secondary N) is 4. The van der Waals surface area contributed by atoms with Crippen LogP contribution in [0.1, 0.15) is 48.0 Å². The molecule has 11 heteroatoms. The summed E-state index contributed by atoms with van der Waals surface area (Å²) >= 11 is 0. The molecule has 1 aliphatic heterocycles. The maximum atomic E-state index is 13.4. The molecular weight excluding hydrogens is 576 g/mol. The zero-order chi connectivity index (χ0) is 31.9. The van der Waals surface area contributed by atoms with E-state index in [1.807, 2.05) is 18.2 Å². The van der Waals surface area contributed by atoms with Gasteiger partial charge in [0.1, 0.15) is 35.9 Å². The molecule has 3 aromatic rings. The summed E-state index contributed by atoms with van der Waals surface area (Å²) in [6.07, 6.45) is 3.00.